The van der Waals surface area contributed by atoms with Crippen molar-refractivity contribution < 1.29 is 76.8 Å². The number of hydrogen-bond donors (Lipinski definition) is 8. The highest BCUT2D eigenvalue weighted by Gasteiger charge is 2.80. The summed E-state index contributed by atoms with van der Waals surface area (Å²) in [6.45, 7) is 12.3. The van der Waals surface area contributed by atoms with E-state index in [2.05, 4.69) is 43.3 Å². The van der Waals surface area contributed by atoms with Crippen LogP contribution >= 0.6 is 0 Å². The number of aromatic amines is 1. The number of hydrogen-bond acceptors (Lipinski definition) is 17. The molecule has 11 rings (SSSR count). The van der Waals surface area contributed by atoms with Gasteiger partial charge >= 0.3 is 23.9 Å². The molecule has 0 radical (unpaired) electrons. The number of fused-ring (bicyclic) bond motifs is 6. The first-order chi connectivity index (χ1) is 47.2. The van der Waals surface area contributed by atoms with Crippen molar-refractivity contribution in [3.8, 4) is 5.75 Å². The first kappa shape index (κ1) is 71.6. The molecule has 3 aromatic carbocycles. The van der Waals surface area contributed by atoms with Gasteiger partial charge in [-0.2, -0.15) is 0 Å². The van der Waals surface area contributed by atoms with E-state index in [1.807, 2.05) is 74.3 Å². The van der Waals surface area contributed by atoms with E-state index in [9.17, 15) is 48.6 Å². The summed E-state index contributed by atoms with van der Waals surface area (Å²) in [6, 6.07) is 15.2. The first-order valence-electron chi connectivity index (χ1n) is 34.9. The molecule has 7 aliphatic rings. The van der Waals surface area contributed by atoms with Crippen molar-refractivity contribution in [1.29, 1.82) is 0 Å². The molecule has 25 heteroatoms. The lowest BCUT2D eigenvalue weighted by Gasteiger charge is -2.63. The van der Waals surface area contributed by atoms with Gasteiger partial charge in [0, 0.05) is 127 Å². The monoisotopic (exact) mass is 1370 g/mol. The zero-order valence-corrected chi connectivity index (χ0v) is 58.3. The maximum atomic E-state index is 16.1. The number of likely N-dealkylation sites (N-methyl/N-ethyl adjacent to an activating group) is 1. The third-order valence-electron chi connectivity index (χ3n) is 22.8. The van der Waals surface area contributed by atoms with Gasteiger partial charge in [0.15, 0.2) is 6.10 Å². The number of esters is 3. The normalized spacial score (nSPS) is 28.7. The molecule has 25 nitrogen and oxygen atoms in total. The minimum absolute atomic E-state index is 0.0963. The summed E-state index contributed by atoms with van der Waals surface area (Å²) in [6.07, 6.45) is 9.43. The Bertz CT molecular complexity index is 3870. The highest BCUT2D eigenvalue weighted by atomic mass is 16.6. The smallest absolute Gasteiger partial charge is 0.344 e. The molecular formula is C74H97N10O15+. The number of carbonyl (C=O) groups excluding carboxylic acids is 9. The predicted octanol–water partition coefficient (Wildman–Crippen LogP) is 5.20. The van der Waals surface area contributed by atoms with E-state index < -0.39 is 93.5 Å². The number of amides is 7. The van der Waals surface area contributed by atoms with Gasteiger partial charge in [0.2, 0.25) is 23.3 Å². The van der Waals surface area contributed by atoms with Crippen molar-refractivity contribution in [3.05, 3.63) is 113 Å². The molecule has 3 fully saturated rings. The number of methoxy groups -OCH3 is 3. The number of nitrogens with zero attached hydrogens (tertiary/aromatic N) is 4. The zero-order chi connectivity index (χ0) is 71.1. The van der Waals surface area contributed by atoms with Gasteiger partial charge in [-0.25, -0.2) is 9.59 Å². The van der Waals surface area contributed by atoms with Gasteiger partial charge in [0.25, 0.3) is 11.8 Å². The van der Waals surface area contributed by atoms with E-state index in [0.717, 1.165) is 32.5 Å². The molecule has 2 bridgehead atoms. The van der Waals surface area contributed by atoms with Crippen LogP contribution in [0.25, 0.3) is 10.9 Å². The van der Waals surface area contributed by atoms with Crippen LogP contribution in [0, 0.1) is 17.3 Å². The van der Waals surface area contributed by atoms with Crippen molar-refractivity contribution >= 4 is 75.8 Å². The number of nitrogens with two attached hydrogens (primary N) is 1. The second kappa shape index (κ2) is 28.2. The SMILES string of the molecule is CC[C@]1(O)C[C@H]2C[C@](C(=O)OC)(c3cc4c(cc3OC)N(C)[C@H]3[C@@](O)(C(=O)OC)[C@H](OC(C)=O)[C@]5(CC)C=CCN6CC[C@]43[C@@H]65)c3[nH]c4ccccc4c3CC[N+](Cc3ccc(NC(=O)[C@H](CCCNC(N)=O)NC(=O)[C@@H](NC(=O)CCCCCN4C(=O)C=CC4=O)C(C)C)cc3)(C2)C1. The van der Waals surface area contributed by atoms with Crippen molar-refractivity contribution in [2.24, 2.45) is 23.0 Å². The number of urea groups is 1. The Hall–Kier alpha value is -8.65. The van der Waals surface area contributed by atoms with Crippen molar-refractivity contribution in [1.82, 2.24) is 30.7 Å². The number of nitrogens with one attached hydrogen (secondary N) is 5. The summed E-state index contributed by atoms with van der Waals surface area (Å²) in [5, 5.41) is 38.8. The first-order valence-corrected chi connectivity index (χ1v) is 34.9. The molecular weight excluding hydrogens is 1270 g/mol. The fourth-order valence-electron chi connectivity index (χ4n) is 18.7. The van der Waals surface area contributed by atoms with Gasteiger partial charge in [0.05, 0.1) is 40.5 Å². The number of primary amides is 1. The van der Waals surface area contributed by atoms with E-state index >= 15 is 4.79 Å². The Labute approximate surface area is 577 Å². The van der Waals surface area contributed by atoms with Crippen LogP contribution in [0.3, 0.4) is 0 Å². The third kappa shape index (κ3) is 12.7. The van der Waals surface area contributed by atoms with E-state index in [-0.39, 0.29) is 68.3 Å². The maximum Gasteiger partial charge on any atom is 0.344 e. The van der Waals surface area contributed by atoms with Crippen LogP contribution in [0.5, 0.6) is 5.75 Å². The number of para-hydroxylation sites is 1. The summed E-state index contributed by atoms with van der Waals surface area (Å²) in [4.78, 5) is 131. The minimum Gasteiger partial charge on any atom is -0.496 e. The average molecular weight is 1370 g/mol. The van der Waals surface area contributed by atoms with Crippen LogP contribution in [-0.4, -0.2) is 199 Å². The Morgan fingerprint density at radius 1 is 0.848 bits per heavy atom. The molecule has 532 valence electrons. The fourth-order valence-corrected chi connectivity index (χ4v) is 18.7. The van der Waals surface area contributed by atoms with Gasteiger partial charge in [-0.1, -0.05) is 76.6 Å². The van der Waals surface area contributed by atoms with E-state index in [0.29, 0.717) is 123 Å². The maximum absolute atomic E-state index is 16.1. The summed E-state index contributed by atoms with van der Waals surface area (Å²) >= 11 is 0. The molecule has 1 spiro atoms. The standard InChI is InChI=1S/C74H96N10O15/c1-10-70(94)39-47-40-73(67(91)97-8,52-37-51-55(38-56(52)96-7)81(6)65-72(51)31-35-82-33-18-30-71(11-2,64(72)82)66(99-45(5)85)74(65,95)68(92)98-9)61-50(49-19-14-15-20-53(49)78-61)29-36-84(42-47,43-70)41-46-23-25-48(26-24-46)77-62(89)54(21-17-32-76-69(75)93)79-63(90)60(44(3)4)80-57(86)22-13-12-16-34-83-58(87)27-28-59(83)88/h14-15,18-20,23-28,30,37-38,44,47,54,60,64-66,78,94-95H,10-13,16-17,21-22,29,31-36,39-43H2,1-9H3,(H5-,75,76,77,79,80,86,89,90,93)/p+1/t47-,54-,60-,64-,65+,66+,70-,71+,72+,73-,74-,84?/m0/s1. The number of rotatable bonds is 25. The number of aliphatic hydroxyl groups is 2. The van der Waals surface area contributed by atoms with Gasteiger partial charge in [-0.15, -0.1) is 0 Å². The summed E-state index contributed by atoms with van der Waals surface area (Å²) in [5.74, 6) is -4.67. The number of quaternary nitrogens is 1. The largest absolute Gasteiger partial charge is 0.496 e. The van der Waals surface area contributed by atoms with Crippen LogP contribution in [0.1, 0.15) is 133 Å². The average Bonchev–Trinajstić information content (AvgIpc) is 1.50. The number of piperidine rings is 1. The highest BCUT2D eigenvalue weighted by molar-refractivity contribution is 6.13. The molecule has 1 aromatic heterocycles. The molecule has 4 aromatic rings. The third-order valence-corrected chi connectivity index (χ3v) is 22.8. The van der Waals surface area contributed by atoms with Gasteiger partial charge in [-0.05, 0) is 106 Å². The molecule has 7 amide bonds. The summed E-state index contributed by atoms with van der Waals surface area (Å²) in [7, 11) is 6.02. The summed E-state index contributed by atoms with van der Waals surface area (Å²) < 4.78 is 24.9. The lowest BCUT2D eigenvalue weighted by atomic mass is 9.47. The minimum atomic E-state index is -2.40. The second-order valence-corrected chi connectivity index (χ2v) is 29.0. The number of benzene rings is 3. The molecule has 2 saturated heterocycles. The zero-order valence-electron chi connectivity index (χ0n) is 58.3. The molecule has 9 N–H and O–H groups in total. The Morgan fingerprint density at radius 3 is 2.24 bits per heavy atom. The molecule has 1 aliphatic carbocycles. The number of anilines is 2. The number of unbranched alkanes of at least 4 members (excludes halogenated alkanes) is 2. The van der Waals surface area contributed by atoms with Gasteiger partial charge in [0.1, 0.15) is 41.9 Å². The predicted molar refractivity (Wildman–Crippen MR) is 367 cm³/mol. The van der Waals surface area contributed by atoms with Crippen LogP contribution < -0.4 is 36.6 Å². The van der Waals surface area contributed by atoms with Gasteiger partial charge in [-0.3, -0.25) is 43.4 Å². The number of carbonyl (C=O) groups is 9. The molecule has 1 saturated carbocycles. The molecule has 1 unspecified atom stereocenters. The van der Waals surface area contributed by atoms with Crippen LogP contribution in [0.15, 0.2) is 85.0 Å². The Balaban J connectivity index is 0.909. The molecule has 99 heavy (non-hydrogen) atoms. The number of H-pyrrole nitrogens is 1. The van der Waals surface area contributed by atoms with E-state index in [1.54, 1.807) is 33.1 Å². The van der Waals surface area contributed by atoms with Crippen LogP contribution in [-0.2, 0) is 76.4 Å². The Morgan fingerprint density at radius 2 is 1.58 bits per heavy atom. The van der Waals surface area contributed by atoms with Crippen molar-refractivity contribution in [2.45, 2.75) is 171 Å². The summed E-state index contributed by atoms with van der Waals surface area (Å²) in [5.41, 5.74) is 3.69. The van der Waals surface area contributed by atoms with E-state index in [4.69, 9.17) is 24.7 Å². The molecule has 7 heterocycles. The quantitative estimate of drug-likeness (QED) is 0.0105. The van der Waals surface area contributed by atoms with Crippen molar-refractivity contribution in [2.75, 3.05) is 84.4 Å². The lowest BCUT2D eigenvalue weighted by molar-refractivity contribution is -0.954. The number of imide groups is 1. The highest BCUT2D eigenvalue weighted by Crippen LogP contribution is 2.68. The Kier molecular flexibility index (Phi) is 20.4. The van der Waals surface area contributed by atoms with Crippen LogP contribution in [0.4, 0.5) is 16.2 Å². The van der Waals surface area contributed by atoms with Crippen LogP contribution in [0.2, 0.25) is 0 Å². The van der Waals surface area contributed by atoms with Crippen molar-refractivity contribution in [3.63, 3.8) is 0 Å². The molecule has 6 aliphatic heterocycles. The second-order valence-electron chi connectivity index (χ2n) is 29.0. The number of aromatic nitrogens is 1. The molecule has 12 atom stereocenters. The van der Waals surface area contributed by atoms with E-state index in [1.165, 1.54) is 33.3 Å². The number of ether oxygens (including phenoxy) is 4. The fraction of sp³-hybridized carbons (Fsp3) is 0.554. The lowest BCUT2D eigenvalue weighted by Crippen LogP contribution is -2.81. The topological polar surface area (TPSA) is 331 Å². The van der Waals surface area contributed by atoms with Gasteiger partial charge < -0.3 is 70.5 Å².